The van der Waals surface area contributed by atoms with Gasteiger partial charge in [-0.2, -0.15) is 5.10 Å². The minimum Gasteiger partial charge on any atom is -0.462 e. The molecule has 0 unspecified atom stereocenters. The van der Waals surface area contributed by atoms with Crippen LogP contribution in [0.1, 0.15) is 23.1 Å². The number of aromatic nitrogens is 4. The number of hydrogen-bond donors (Lipinski definition) is 2. The van der Waals surface area contributed by atoms with Gasteiger partial charge in [0.05, 0.1) is 29.4 Å². The number of benzene rings is 1. The fourth-order valence-corrected chi connectivity index (χ4v) is 2.42. The maximum atomic E-state index is 12.0. The Balaban J connectivity index is 1.47. The first-order valence-corrected chi connectivity index (χ1v) is 8.05. The number of para-hydroxylation sites is 2. The fraction of sp³-hybridized carbons (Fsp3) is 0.294. The average molecular weight is 341 g/mol. The summed E-state index contributed by atoms with van der Waals surface area (Å²) in [6.45, 7) is 2.54. The van der Waals surface area contributed by atoms with Crippen LogP contribution in [0.5, 0.6) is 0 Å². The Labute approximate surface area is 144 Å². The van der Waals surface area contributed by atoms with Gasteiger partial charge in [-0.25, -0.2) is 9.78 Å². The second kappa shape index (κ2) is 7.61. The van der Waals surface area contributed by atoms with Crippen LogP contribution in [-0.4, -0.2) is 44.8 Å². The van der Waals surface area contributed by atoms with Crippen LogP contribution in [0.2, 0.25) is 0 Å². The van der Waals surface area contributed by atoms with Crippen LogP contribution in [-0.2, 0) is 22.5 Å². The van der Waals surface area contributed by atoms with Crippen molar-refractivity contribution in [1.82, 2.24) is 25.1 Å². The number of amides is 1. The first kappa shape index (κ1) is 16.7. The number of rotatable bonds is 7. The van der Waals surface area contributed by atoms with Crippen LogP contribution >= 0.6 is 0 Å². The SMILES string of the molecule is CCOC(=O)c1cnn(CC(=O)NCCc2nc3ccccc3[nH]2)c1. The Kier molecular flexibility index (Phi) is 5.08. The van der Waals surface area contributed by atoms with Crippen LogP contribution in [0.3, 0.4) is 0 Å². The lowest BCUT2D eigenvalue weighted by Gasteiger charge is -2.04. The van der Waals surface area contributed by atoms with Gasteiger partial charge in [0.25, 0.3) is 0 Å². The van der Waals surface area contributed by atoms with E-state index in [9.17, 15) is 9.59 Å². The van der Waals surface area contributed by atoms with Crippen molar-refractivity contribution in [3.8, 4) is 0 Å². The summed E-state index contributed by atoms with van der Waals surface area (Å²) in [5.41, 5.74) is 2.22. The number of imidazole rings is 1. The molecule has 0 aliphatic heterocycles. The summed E-state index contributed by atoms with van der Waals surface area (Å²) in [6, 6.07) is 7.78. The maximum Gasteiger partial charge on any atom is 0.341 e. The highest BCUT2D eigenvalue weighted by atomic mass is 16.5. The molecule has 2 N–H and O–H groups in total. The molecule has 0 spiro atoms. The van der Waals surface area contributed by atoms with Gasteiger partial charge in [-0.3, -0.25) is 9.48 Å². The number of esters is 1. The molecular formula is C17H19N5O3. The van der Waals surface area contributed by atoms with E-state index in [1.807, 2.05) is 24.3 Å². The Morgan fingerprint density at radius 3 is 2.96 bits per heavy atom. The van der Waals surface area contributed by atoms with E-state index < -0.39 is 5.97 Å². The molecule has 0 fully saturated rings. The Morgan fingerprint density at radius 1 is 1.32 bits per heavy atom. The maximum absolute atomic E-state index is 12.0. The summed E-state index contributed by atoms with van der Waals surface area (Å²) in [6.07, 6.45) is 3.49. The predicted molar refractivity (Wildman–Crippen MR) is 91.0 cm³/mol. The topological polar surface area (TPSA) is 102 Å². The first-order valence-electron chi connectivity index (χ1n) is 8.05. The van der Waals surface area contributed by atoms with Crippen LogP contribution < -0.4 is 5.32 Å². The quantitative estimate of drug-likeness (QED) is 0.631. The molecular weight excluding hydrogens is 322 g/mol. The number of carbonyl (C=O) groups excluding carboxylic acids is 2. The van der Waals surface area contributed by atoms with Crippen LogP contribution in [0, 0.1) is 0 Å². The third-order valence-corrected chi connectivity index (χ3v) is 3.57. The molecule has 3 rings (SSSR count). The second-order valence-electron chi connectivity index (χ2n) is 5.45. The molecule has 2 heterocycles. The molecule has 0 bridgehead atoms. The molecule has 0 saturated carbocycles. The molecule has 0 aliphatic carbocycles. The molecule has 25 heavy (non-hydrogen) atoms. The zero-order chi connectivity index (χ0) is 17.6. The second-order valence-corrected chi connectivity index (χ2v) is 5.45. The highest BCUT2D eigenvalue weighted by Gasteiger charge is 2.11. The van der Waals surface area contributed by atoms with Gasteiger partial charge in [0.2, 0.25) is 5.91 Å². The monoisotopic (exact) mass is 341 g/mol. The van der Waals surface area contributed by atoms with Crippen molar-refractivity contribution in [2.45, 2.75) is 19.9 Å². The largest absolute Gasteiger partial charge is 0.462 e. The standard InChI is InChI=1S/C17H19N5O3/c1-2-25-17(24)12-9-19-22(10-12)11-16(23)18-8-7-15-20-13-5-3-4-6-14(13)21-15/h3-6,9-10H,2,7-8,11H2,1H3,(H,18,23)(H,20,21). The number of fused-ring (bicyclic) bond motifs is 1. The lowest BCUT2D eigenvalue weighted by atomic mass is 10.3. The summed E-state index contributed by atoms with van der Waals surface area (Å²) in [5, 5.41) is 6.80. The van der Waals surface area contributed by atoms with Gasteiger partial charge in [0.15, 0.2) is 0 Å². The third-order valence-electron chi connectivity index (χ3n) is 3.57. The van der Waals surface area contributed by atoms with Gasteiger partial charge >= 0.3 is 5.97 Å². The zero-order valence-electron chi connectivity index (χ0n) is 13.9. The third kappa shape index (κ3) is 4.23. The van der Waals surface area contributed by atoms with Crippen LogP contribution in [0.15, 0.2) is 36.7 Å². The molecule has 8 nitrogen and oxygen atoms in total. The van der Waals surface area contributed by atoms with Crippen molar-refractivity contribution < 1.29 is 14.3 Å². The number of nitrogens with zero attached hydrogens (tertiary/aromatic N) is 3. The van der Waals surface area contributed by atoms with Crippen LogP contribution in [0.25, 0.3) is 11.0 Å². The molecule has 0 atom stereocenters. The summed E-state index contributed by atoms with van der Waals surface area (Å²) in [5.74, 6) is 0.193. The van der Waals surface area contributed by atoms with Gasteiger partial charge < -0.3 is 15.0 Å². The highest BCUT2D eigenvalue weighted by Crippen LogP contribution is 2.10. The fourth-order valence-electron chi connectivity index (χ4n) is 2.42. The van der Waals surface area contributed by atoms with Gasteiger partial charge in [-0.05, 0) is 19.1 Å². The zero-order valence-corrected chi connectivity index (χ0v) is 13.9. The lowest BCUT2D eigenvalue weighted by Crippen LogP contribution is -2.29. The van der Waals surface area contributed by atoms with E-state index in [4.69, 9.17) is 4.74 Å². The van der Waals surface area contributed by atoms with Gasteiger partial charge in [0.1, 0.15) is 12.4 Å². The molecule has 1 aromatic carbocycles. The molecule has 130 valence electrons. The van der Waals surface area contributed by atoms with Crippen LogP contribution in [0.4, 0.5) is 0 Å². The predicted octanol–water partition coefficient (Wildman–Crippen LogP) is 1.29. The van der Waals surface area contributed by atoms with E-state index in [1.54, 1.807) is 6.92 Å². The molecule has 8 heteroatoms. The number of carbonyl (C=O) groups is 2. The van der Waals surface area contributed by atoms with Crippen molar-refractivity contribution in [3.05, 3.63) is 48.0 Å². The van der Waals surface area contributed by atoms with Gasteiger partial charge in [-0.1, -0.05) is 12.1 Å². The van der Waals surface area contributed by atoms with Crippen molar-refractivity contribution in [2.75, 3.05) is 13.2 Å². The van der Waals surface area contributed by atoms with E-state index in [1.165, 1.54) is 17.1 Å². The smallest absolute Gasteiger partial charge is 0.341 e. The number of ether oxygens (including phenoxy) is 1. The molecule has 1 amide bonds. The minimum atomic E-state index is -0.445. The number of aromatic amines is 1. The van der Waals surface area contributed by atoms with E-state index in [0.29, 0.717) is 25.1 Å². The summed E-state index contributed by atoms with van der Waals surface area (Å²) >= 11 is 0. The molecule has 2 aromatic heterocycles. The number of nitrogens with one attached hydrogen (secondary N) is 2. The van der Waals surface area contributed by atoms with Crippen molar-refractivity contribution >= 4 is 22.9 Å². The van der Waals surface area contributed by atoms with Gasteiger partial charge in [-0.15, -0.1) is 0 Å². The lowest BCUT2D eigenvalue weighted by molar-refractivity contribution is -0.121. The molecule has 0 radical (unpaired) electrons. The van der Waals surface area contributed by atoms with E-state index in [2.05, 4.69) is 20.4 Å². The Morgan fingerprint density at radius 2 is 2.16 bits per heavy atom. The normalized spacial score (nSPS) is 10.8. The minimum absolute atomic E-state index is 0.0412. The van der Waals surface area contributed by atoms with Crippen molar-refractivity contribution in [3.63, 3.8) is 0 Å². The Bertz CT molecular complexity index is 850. The summed E-state index contributed by atoms with van der Waals surface area (Å²) in [4.78, 5) is 31.2. The average Bonchev–Trinajstić information content (AvgIpc) is 3.21. The Hall–Kier alpha value is -3.16. The first-order chi connectivity index (χ1) is 12.2. The molecule has 3 aromatic rings. The highest BCUT2D eigenvalue weighted by molar-refractivity contribution is 5.88. The van der Waals surface area contributed by atoms with Crippen molar-refractivity contribution in [1.29, 1.82) is 0 Å². The summed E-state index contributed by atoms with van der Waals surface area (Å²) < 4.78 is 6.29. The van der Waals surface area contributed by atoms with Crippen molar-refractivity contribution in [2.24, 2.45) is 0 Å². The van der Waals surface area contributed by atoms with E-state index >= 15 is 0 Å². The van der Waals surface area contributed by atoms with E-state index in [-0.39, 0.29) is 12.5 Å². The van der Waals surface area contributed by atoms with E-state index in [0.717, 1.165) is 16.9 Å². The van der Waals surface area contributed by atoms with Gasteiger partial charge in [0, 0.05) is 19.2 Å². The molecule has 0 saturated heterocycles. The molecule has 0 aliphatic rings. The number of H-pyrrole nitrogens is 1. The summed E-state index contributed by atoms with van der Waals surface area (Å²) in [7, 11) is 0. The number of hydrogen-bond acceptors (Lipinski definition) is 5.